The van der Waals surface area contributed by atoms with Gasteiger partial charge in [0.1, 0.15) is 5.75 Å². The quantitative estimate of drug-likeness (QED) is 0.797. The molecule has 2 atom stereocenters. The van der Waals surface area contributed by atoms with E-state index in [1.807, 2.05) is 4.90 Å². The number of β-amino-alcohol motifs (C(OH)–C–C–N with tert-alkyl or cyclic N) is 1. The number of carbonyl (C=O) groups is 2. The summed E-state index contributed by atoms with van der Waals surface area (Å²) in [5.74, 6) is 0.232. The minimum atomic E-state index is -0.698. The third-order valence-electron chi connectivity index (χ3n) is 5.42. The van der Waals surface area contributed by atoms with Gasteiger partial charge in [-0.2, -0.15) is 0 Å². The van der Waals surface area contributed by atoms with Crippen molar-refractivity contribution in [1.29, 1.82) is 0 Å². The van der Waals surface area contributed by atoms with Crippen LogP contribution in [0, 0.1) is 5.92 Å². The second-order valence-corrected chi connectivity index (χ2v) is 7.30. The van der Waals surface area contributed by atoms with E-state index < -0.39 is 6.10 Å². The van der Waals surface area contributed by atoms with Crippen LogP contribution in [0.15, 0.2) is 24.3 Å². The molecule has 3 rings (SSSR count). The van der Waals surface area contributed by atoms with Crippen LogP contribution in [0.25, 0.3) is 0 Å². The van der Waals surface area contributed by atoms with Crippen molar-refractivity contribution in [3.8, 4) is 5.75 Å². The Balaban J connectivity index is 1.51. The molecule has 2 amide bonds. The molecular formula is C20H28N2O5. The minimum Gasteiger partial charge on any atom is -0.484 e. The molecule has 0 aromatic heterocycles. The maximum atomic E-state index is 12.6. The average molecular weight is 376 g/mol. The molecule has 0 bridgehead atoms. The molecule has 0 unspecified atom stereocenters. The summed E-state index contributed by atoms with van der Waals surface area (Å²) in [6, 6.07) is 6.72. The summed E-state index contributed by atoms with van der Waals surface area (Å²) >= 11 is 0. The van der Waals surface area contributed by atoms with Gasteiger partial charge in [-0.3, -0.25) is 9.59 Å². The Morgan fingerprint density at radius 2 is 1.74 bits per heavy atom. The fourth-order valence-corrected chi connectivity index (χ4v) is 3.63. The van der Waals surface area contributed by atoms with Crippen molar-refractivity contribution in [3.63, 3.8) is 0 Å². The Morgan fingerprint density at radius 3 is 2.37 bits per heavy atom. The maximum Gasteiger partial charge on any atom is 0.260 e. The van der Waals surface area contributed by atoms with Crippen molar-refractivity contribution in [2.45, 2.75) is 31.8 Å². The smallest absolute Gasteiger partial charge is 0.260 e. The van der Waals surface area contributed by atoms with Crippen LogP contribution in [-0.2, 0) is 4.79 Å². The van der Waals surface area contributed by atoms with Crippen LogP contribution < -0.4 is 4.74 Å². The molecule has 0 aliphatic carbocycles. The van der Waals surface area contributed by atoms with Crippen molar-refractivity contribution in [2.24, 2.45) is 5.92 Å². The number of aliphatic hydroxyl groups is 2. The molecule has 7 heteroatoms. The van der Waals surface area contributed by atoms with E-state index in [1.165, 1.54) is 6.42 Å². The van der Waals surface area contributed by atoms with E-state index in [4.69, 9.17) is 4.74 Å². The molecule has 2 fully saturated rings. The third kappa shape index (κ3) is 4.99. The molecule has 0 spiro atoms. The van der Waals surface area contributed by atoms with Crippen LogP contribution in [0.5, 0.6) is 5.75 Å². The number of piperidine rings is 2. The molecule has 2 N–H and O–H groups in total. The third-order valence-corrected chi connectivity index (χ3v) is 5.42. The van der Waals surface area contributed by atoms with E-state index in [-0.39, 0.29) is 37.5 Å². The number of aliphatic hydroxyl groups excluding tert-OH is 2. The van der Waals surface area contributed by atoms with E-state index in [9.17, 15) is 19.8 Å². The van der Waals surface area contributed by atoms with Gasteiger partial charge in [-0.15, -0.1) is 0 Å². The van der Waals surface area contributed by atoms with Crippen LogP contribution in [0.3, 0.4) is 0 Å². The van der Waals surface area contributed by atoms with Crippen LogP contribution in [-0.4, -0.2) is 77.3 Å². The Kier molecular flexibility index (Phi) is 6.68. The number of nitrogens with zero attached hydrogens (tertiary/aromatic N) is 2. The number of ether oxygens (including phenoxy) is 1. The molecule has 0 radical (unpaired) electrons. The van der Waals surface area contributed by atoms with Crippen LogP contribution >= 0.6 is 0 Å². The first-order valence-electron chi connectivity index (χ1n) is 9.67. The highest BCUT2D eigenvalue weighted by atomic mass is 16.5. The van der Waals surface area contributed by atoms with Crippen LogP contribution in [0.1, 0.15) is 36.0 Å². The molecule has 2 aliphatic rings. The van der Waals surface area contributed by atoms with E-state index in [0.29, 0.717) is 24.3 Å². The predicted molar refractivity (Wildman–Crippen MR) is 99.5 cm³/mol. The number of amides is 2. The predicted octanol–water partition coefficient (Wildman–Crippen LogP) is 0.893. The summed E-state index contributed by atoms with van der Waals surface area (Å²) < 4.78 is 5.56. The number of rotatable bonds is 5. The van der Waals surface area contributed by atoms with E-state index in [2.05, 4.69) is 0 Å². The first kappa shape index (κ1) is 19.6. The molecule has 1 aromatic rings. The summed E-state index contributed by atoms with van der Waals surface area (Å²) in [7, 11) is 0. The Hall–Kier alpha value is -2.12. The van der Waals surface area contributed by atoms with Crippen molar-refractivity contribution in [1.82, 2.24) is 9.80 Å². The van der Waals surface area contributed by atoms with Gasteiger partial charge in [-0.25, -0.2) is 0 Å². The van der Waals surface area contributed by atoms with Gasteiger partial charge in [-0.05, 0) is 49.9 Å². The number of likely N-dealkylation sites (tertiary alicyclic amines) is 2. The summed E-state index contributed by atoms with van der Waals surface area (Å²) in [6.45, 7) is 2.29. The topological polar surface area (TPSA) is 90.3 Å². The van der Waals surface area contributed by atoms with Gasteiger partial charge in [0.05, 0.1) is 6.10 Å². The first-order chi connectivity index (χ1) is 13.1. The fraction of sp³-hybridized carbons (Fsp3) is 0.600. The van der Waals surface area contributed by atoms with E-state index >= 15 is 0 Å². The number of hydrogen-bond acceptors (Lipinski definition) is 5. The van der Waals surface area contributed by atoms with Gasteiger partial charge in [0.2, 0.25) is 0 Å². The highest BCUT2D eigenvalue weighted by molar-refractivity contribution is 5.94. The largest absolute Gasteiger partial charge is 0.484 e. The highest BCUT2D eigenvalue weighted by Gasteiger charge is 2.30. The highest BCUT2D eigenvalue weighted by Crippen LogP contribution is 2.20. The molecular weight excluding hydrogens is 348 g/mol. The lowest BCUT2D eigenvalue weighted by molar-refractivity contribution is -0.134. The molecule has 27 heavy (non-hydrogen) atoms. The minimum absolute atomic E-state index is 0.00408. The van der Waals surface area contributed by atoms with Crippen molar-refractivity contribution in [2.75, 3.05) is 39.4 Å². The second kappa shape index (κ2) is 9.19. The Labute approximate surface area is 159 Å². The lowest BCUT2D eigenvalue weighted by atomic mass is 9.94. The maximum absolute atomic E-state index is 12.6. The normalized spacial score (nSPS) is 23.2. The molecule has 1 aromatic carbocycles. The van der Waals surface area contributed by atoms with Gasteiger partial charge in [0.15, 0.2) is 6.61 Å². The summed E-state index contributed by atoms with van der Waals surface area (Å²) in [5.41, 5.74) is 0.513. The second-order valence-electron chi connectivity index (χ2n) is 7.30. The molecule has 0 saturated carbocycles. The van der Waals surface area contributed by atoms with Crippen molar-refractivity contribution >= 4 is 11.8 Å². The number of carbonyl (C=O) groups excluding carboxylic acids is 2. The Morgan fingerprint density at radius 1 is 1.04 bits per heavy atom. The lowest BCUT2D eigenvalue weighted by Crippen LogP contribution is -2.47. The van der Waals surface area contributed by atoms with Crippen LogP contribution in [0.4, 0.5) is 0 Å². The Bertz CT molecular complexity index is 642. The van der Waals surface area contributed by atoms with Crippen molar-refractivity contribution < 1.29 is 24.5 Å². The van der Waals surface area contributed by atoms with E-state index in [1.54, 1.807) is 29.2 Å². The summed E-state index contributed by atoms with van der Waals surface area (Å²) in [6.07, 6.45) is 3.16. The number of hydrogen-bond donors (Lipinski definition) is 2. The standard InChI is InChI=1S/C20H28N2O5/c23-13-16-8-11-22(12-18(16)24)20(26)15-4-6-17(7-5-15)27-14-19(25)21-9-2-1-3-10-21/h4-7,16,18,23-24H,1-3,8-14H2/t16-,18+/m1/s1. The zero-order valence-electron chi connectivity index (χ0n) is 15.5. The van der Waals surface area contributed by atoms with Crippen LogP contribution in [0.2, 0.25) is 0 Å². The number of benzene rings is 1. The molecule has 7 nitrogen and oxygen atoms in total. The average Bonchev–Trinajstić information content (AvgIpc) is 2.72. The molecule has 2 heterocycles. The SMILES string of the molecule is O=C(COc1ccc(C(=O)N2CC[C@H](CO)[C@@H](O)C2)cc1)N1CCCCC1. The van der Waals surface area contributed by atoms with Gasteiger partial charge >= 0.3 is 0 Å². The van der Waals surface area contributed by atoms with Gasteiger partial charge in [0.25, 0.3) is 11.8 Å². The molecule has 2 saturated heterocycles. The summed E-state index contributed by atoms with van der Waals surface area (Å²) in [4.78, 5) is 28.1. The van der Waals surface area contributed by atoms with Gasteiger partial charge in [-0.1, -0.05) is 0 Å². The summed E-state index contributed by atoms with van der Waals surface area (Å²) in [5, 5.41) is 19.2. The molecule has 2 aliphatic heterocycles. The monoisotopic (exact) mass is 376 g/mol. The zero-order valence-corrected chi connectivity index (χ0v) is 15.5. The first-order valence-corrected chi connectivity index (χ1v) is 9.67. The fourth-order valence-electron chi connectivity index (χ4n) is 3.63. The van der Waals surface area contributed by atoms with Crippen molar-refractivity contribution in [3.05, 3.63) is 29.8 Å². The molecule has 148 valence electrons. The lowest BCUT2D eigenvalue weighted by Gasteiger charge is -2.35. The van der Waals surface area contributed by atoms with Gasteiger partial charge in [0, 0.05) is 44.3 Å². The van der Waals surface area contributed by atoms with Gasteiger partial charge < -0.3 is 24.7 Å². The van der Waals surface area contributed by atoms with E-state index in [0.717, 1.165) is 25.9 Å². The zero-order chi connectivity index (χ0) is 19.2.